The molecule has 4 aromatic rings. The molecule has 3 aromatic carbocycles. The van der Waals surface area contributed by atoms with Crippen LogP contribution in [0.25, 0.3) is 0 Å². The van der Waals surface area contributed by atoms with Crippen LogP contribution >= 0.6 is 0 Å². The normalized spacial score (nSPS) is 14.8. The molecule has 0 radical (unpaired) electrons. The summed E-state index contributed by atoms with van der Waals surface area (Å²) in [4.78, 5) is 14.2. The van der Waals surface area contributed by atoms with E-state index in [-0.39, 0.29) is 5.91 Å². The minimum absolute atomic E-state index is 0.174. The van der Waals surface area contributed by atoms with E-state index >= 15 is 0 Å². The summed E-state index contributed by atoms with van der Waals surface area (Å²) in [6.45, 7) is 13.8. The van der Waals surface area contributed by atoms with Crippen molar-refractivity contribution < 1.29 is 13.9 Å². The van der Waals surface area contributed by atoms with Crippen molar-refractivity contribution in [3.05, 3.63) is 105 Å². The highest BCUT2D eigenvalue weighted by atomic mass is 16.5. The molecular weight excluding hydrogens is 500 g/mol. The number of nitrogens with one attached hydrogen (secondary N) is 2. The Bertz CT molecular complexity index is 1600. The lowest BCUT2D eigenvalue weighted by molar-refractivity contribution is 0.0675. The van der Waals surface area contributed by atoms with E-state index in [1.54, 1.807) is 11.2 Å². The first-order chi connectivity index (χ1) is 19.3. The number of anilines is 2. The largest absolute Gasteiger partial charge is 0.460 e. The Morgan fingerprint density at radius 2 is 1.43 bits per heavy atom. The summed E-state index contributed by atoms with van der Waals surface area (Å²) < 4.78 is 12.5. The molecule has 2 aliphatic rings. The fourth-order valence-corrected chi connectivity index (χ4v) is 5.94. The van der Waals surface area contributed by atoms with Gasteiger partial charge in [-0.25, -0.2) is 5.01 Å². The third-order valence-electron chi connectivity index (χ3n) is 7.93. The maximum absolute atomic E-state index is 14.2. The Labute approximate surface area is 234 Å². The molecule has 0 unspecified atom stereocenters. The second kappa shape index (κ2) is 9.59. The van der Waals surface area contributed by atoms with E-state index in [4.69, 9.17) is 14.3 Å². The molecule has 0 saturated carbocycles. The maximum atomic E-state index is 14.2. The molecule has 0 bridgehead atoms. The molecule has 40 heavy (non-hydrogen) atoms. The summed E-state index contributed by atoms with van der Waals surface area (Å²) in [5.41, 5.74) is 7.35. The van der Waals surface area contributed by atoms with E-state index in [0.717, 1.165) is 63.6 Å². The smallest absolute Gasteiger partial charge is 0.275 e. The van der Waals surface area contributed by atoms with Crippen LogP contribution in [0.4, 0.5) is 11.4 Å². The zero-order valence-corrected chi connectivity index (χ0v) is 23.8. The van der Waals surface area contributed by atoms with E-state index in [2.05, 4.69) is 50.5 Å². The van der Waals surface area contributed by atoms with Crippen molar-refractivity contribution in [1.82, 2.24) is 5.01 Å². The quantitative estimate of drug-likeness (QED) is 0.255. The number of hydrogen-bond donors (Lipinski definition) is 2. The molecule has 0 saturated heterocycles. The van der Waals surface area contributed by atoms with Crippen molar-refractivity contribution in [3.8, 4) is 11.5 Å². The molecule has 204 valence electrons. The van der Waals surface area contributed by atoms with Gasteiger partial charge in [-0.2, -0.15) is 5.10 Å². The summed E-state index contributed by atoms with van der Waals surface area (Å²) in [7, 11) is 0. The lowest BCUT2D eigenvalue weighted by atomic mass is 9.74. The van der Waals surface area contributed by atoms with Crippen LogP contribution in [0.5, 0.6) is 11.5 Å². The van der Waals surface area contributed by atoms with Gasteiger partial charge in [0.1, 0.15) is 28.6 Å². The zero-order valence-electron chi connectivity index (χ0n) is 23.8. The van der Waals surface area contributed by atoms with E-state index in [1.807, 2.05) is 56.3 Å². The number of carbonyl (C=O) groups excluding carboxylic acids is 1. The van der Waals surface area contributed by atoms with Crippen molar-refractivity contribution in [3.63, 3.8) is 0 Å². The second-order valence-corrected chi connectivity index (χ2v) is 10.5. The molecular formula is C33H34N4O3. The number of rotatable bonds is 6. The molecule has 7 heteroatoms. The molecule has 1 aromatic heterocycles. The summed E-state index contributed by atoms with van der Waals surface area (Å²) >= 11 is 0. The van der Waals surface area contributed by atoms with Gasteiger partial charge >= 0.3 is 0 Å². The predicted molar refractivity (Wildman–Crippen MR) is 159 cm³/mol. The number of aryl methyl sites for hydroxylation is 4. The summed E-state index contributed by atoms with van der Waals surface area (Å²) in [6, 6.07) is 18.1. The Kier molecular flexibility index (Phi) is 6.17. The molecule has 6 rings (SSSR count). The highest BCUT2D eigenvalue weighted by Crippen LogP contribution is 2.58. The van der Waals surface area contributed by atoms with Crippen LogP contribution in [0.3, 0.4) is 0 Å². The van der Waals surface area contributed by atoms with E-state index in [1.165, 1.54) is 0 Å². The van der Waals surface area contributed by atoms with Crippen molar-refractivity contribution in [1.29, 1.82) is 0 Å². The monoisotopic (exact) mass is 534 g/mol. The average Bonchev–Trinajstić information content (AvgIpc) is 3.38. The molecule has 0 atom stereocenters. The van der Waals surface area contributed by atoms with E-state index in [0.29, 0.717) is 22.8 Å². The first kappa shape index (κ1) is 25.7. The molecule has 0 aliphatic carbocycles. The SMILES string of the molecule is CCNc1cc2c(cc1C)C1(c3cc(C)c(NCC)cc3O2)c2ccccc2C(=O)N1/N=C/c1cc(C)c(C)o1. The summed E-state index contributed by atoms with van der Waals surface area (Å²) in [6.07, 6.45) is 1.64. The van der Waals surface area contributed by atoms with Gasteiger partial charge < -0.3 is 19.8 Å². The lowest BCUT2D eigenvalue weighted by Crippen LogP contribution is -2.44. The Hall–Kier alpha value is -4.52. The number of furan rings is 1. The number of fused-ring (bicyclic) bond motifs is 6. The number of hydrazone groups is 1. The third-order valence-corrected chi connectivity index (χ3v) is 7.93. The highest BCUT2D eigenvalue weighted by Gasteiger charge is 2.57. The second-order valence-electron chi connectivity index (χ2n) is 10.5. The fraction of sp³-hybridized carbons (Fsp3) is 0.273. The van der Waals surface area contributed by atoms with Crippen LogP contribution in [0.2, 0.25) is 0 Å². The van der Waals surface area contributed by atoms with Crippen molar-refractivity contribution in [2.75, 3.05) is 23.7 Å². The maximum Gasteiger partial charge on any atom is 0.275 e. The van der Waals surface area contributed by atoms with Crippen molar-refractivity contribution in [2.45, 2.75) is 47.1 Å². The Morgan fingerprint density at radius 1 is 0.825 bits per heavy atom. The number of benzene rings is 3. The first-order valence-corrected chi connectivity index (χ1v) is 13.8. The lowest BCUT2D eigenvalue weighted by Gasteiger charge is -2.42. The van der Waals surface area contributed by atoms with Gasteiger partial charge in [-0.1, -0.05) is 18.2 Å². The van der Waals surface area contributed by atoms with Crippen molar-refractivity contribution in [2.24, 2.45) is 5.10 Å². The molecule has 1 amide bonds. The topological polar surface area (TPSA) is 79.1 Å². The van der Waals surface area contributed by atoms with Gasteiger partial charge in [-0.3, -0.25) is 4.79 Å². The van der Waals surface area contributed by atoms with Crippen LogP contribution in [0.1, 0.15) is 69.1 Å². The van der Waals surface area contributed by atoms with Gasteiger partial charge in [-0.05, 0) is 82.5 Å². The van der Waals surface area contributed by atoms with Gasteiger partial charge in [0.2, 0.25) is 0 Å². The van der Waals surface area contributed by atoms with Gasteiger partial charge in [0, 0.05) is 58.9 Å². The van der Waals surface area contributed by atoms with Crippen LogP contribution < -0.4 is 15.4 Å². The average molecular weight is 535 g/mol. The summed E-state index contributed by atoms with van der Waals surface area (Å²) in [5.74, 6) is 2.63. The van der Waals surface area contributed by atoms with Gasteiger partial charge in [0.15, 0.2) is 0 Å². The zero-order chi connectivity index (χ0) is 28.2. The van der Waals surface area contributed by atoms with Gasteiger partial charge in [0.25, 0.3) is 5.91 Å². The van der Waals surface area contributed by atoms with Crippen LogP contribution in [-0.2, 0) is 5.54 Å². The predicted octanol–water partition coefficient (Wildman–Crippen LogP) is 7.26. The summed E-state index contributed by atoms with van der Waals surface area (Å²) in [5, 5.41) is 13.4. The Balaban J connectivity index is 1.68. The molecule has 2 N–H and O–H groups in total. The fourth-order valence-electron chi connectivity index (χ4n) is 5.94. The number of hydrogen-bond acceptors (Lipinski definition) is 6. The molecule has 1 spiro atoms. The van der Waals surface area contributed by atoms with E-state index in [9.17, 15) is 4.79 Å². The molecule has 7 nitrogen and oxygen atoms in total. The molecule has 2 aliphatic heterocycles. The number of nitrogens with zero attached hydrogens (tertiary/aromatic N) is 2. The van der Waals surface area contributed by atoms with Gasteiger partial charge in [-0.15, -0.1) is 0 Å². The standard InChI is InChI=1S/C33H34N4O3/c1-7-34-28-16-30-26(14-20(28)4)33(27-15-21(5)29(35-8-2)17-31(27)40-30)25-12-10-9-11-24(25)32(38)37(33)36-18-23-13-19(3)22(6)39-23/h9-18,34-35H,7-8H2,1-6H3/b36-18+. The number of carbonyl (C=O) groups is 1. The minimum atomic E-state index is -1.03. The van der Waals surface area contributed by atoms with E-state index < -0.39 is 5.54 Å². The first-order valence-electron chi connectivity index (χ1n) is 13.8. The third kappa shape index (κ3) is 3.72. The molecule has 3 heterocycles. The Morgan fingerprint density at radius 3 is 1.98 bits per heavy atom. The highest BCUT2D eigenvalue weighted by molar-refractivity contribution is 6.03. The number of amides is 1. The van der Waals surface area contributed by atoms with Gasteiger partial charge in [0.05, 0.1) is 6.21 Å². The minimum Gasteiger partial charge on any atom is -0.460 e. The van der Waals surface area contributed by atoms with Crippen LogP contribution in [0.15, 0.2) is 64.1 Å². The number of ether oxygens (including phenoxy) is 1. The van der Waals surface area contributed by atoms with Crippen LogP contribution in [-0.4, -0.2) is 30.2 Å². The molecule has 0 fully saturated rings. The van der Waals surface area contributed by atoms with Crippen molar-refractivity contribution >= 4 is 23.5 Å². The van der Waals surface area contributed by atoms with Crippen LogP contribution in [0, 0.1) is 27.7 Å².